The van der Waals surface area contributed by atoms with Crippen LogP contribution in [-0.4, -0.2) is 55.7 Å². The van der Waals surface area contributed by atoms with Gasteiger partial charge in [0.1, 0.15) is 23.7 Å². The molecule has 0 spiro atoms. The summed E-state index contributed by atoms with van der Waals surface area (Å²) in [4.78, 5) is 44.9. The number of amides is 1. The van der Waals surface area contributed by atoms with Crippen LogP contribution in [0.1, 0.15) is 37.0 Å². The van der Waals surface area contributed by atoms with E-state index < -0.39 is 23.2 Å². The predicted octanol–water partition coefficient (Wildman–Crippen LogP) is 6.79. The first-order valence-electron chi connectivity index (χ1n) is 15.2. The summed E-state index contributed by atoms with van der Waals surface area (Å²) in [7, 11) is 5.70. The number of fused-ring (bicyclic) bond motifs is 1. The van der Waals surface area contributed by atoms with Gasteiger partial charge in [-0.15, -0.1) is 0 Å². The summed E-state index contributed by atoms with van der Waals surface area (Å²) < 4.78 is 34.7. The molecule has 49 heavy (non-hydrogen) atoms. The summed E-state index contributed by atoms with van der Waals surface area (Å²) in [5.41, 5.74) is 1.05. The molecule has 1 amide bonds. The fourth-order valence-electron chi connectivity index (χ4n) is 5.28. The largest absolute Gasteiger partial charge is 0.493 e. The Bertz CT molecular complexity index is 2030. The van der Waals surface area contributed by atoms with E-state index >= 15 is 0 Å². The lowest BCUT2D eigenvalue weighted by molar-refractivity contribution is 0.0589. The molecule has 12 nitrogen and oxygen atoms in total. The summed E-state index contributed by atoms with van der Waals surface area (Å²) in [6, 6.07) is 20.3. The van der Waals surface area contributed by atoms with Crippen LogP contribution in [0.15, 0.2) is 83.8 Å². The summed E-state index contributed by atoms with van der Waals surface area (Å²) in [5.74, 6) is 0.678. The van der Waals surface area contributed by atoms with Gasteiger partial charge in [-0.1, -0.05) is 6.07 Å². The second kappa shape index (κ2) is 14.4. The molecule has 0 aliphatic carbocycles. The van der Waals surface area contributed by atoms with Crippen LogP contribution in [-0.2, 0) is 16.1 Å². The number of anilines is 1. The lowest BCUT2D eigenvalue weighted by atomic mass is 9.95. The van der Waals surface area contributed by atoms with Crippen LogP contribution in [0.25, 0.3) is 27.6 Å². The monoisotopic (exact) mass is 667 g/mol. The number of carbonyl (C=O) groups excluding carboxylic acids is 2. The van der Waals surface area contributed by atoms with Crippen LogP contribution in [0.5, 0.6) is 23.0 Å². The van der Waals surface area contributed by atoms with Crippen molar-refractivity contribution in [3.8, 4) is 39.8 Å². The highest BCUT2D eigenvalue weighted by Gasteiger charge is 2.27. The van der Waals surface area contributed by atoms with E-state index in [-0.39, 0.29) is 17.7 Å². The Morgan fingerprint density at radius 1 is 0.837 bits per heavy atom. The minimum Gasteiger partial charge on any atom is -0.493 e. The number of methoxy groups -OCH3 is 4. The molecule has 0 saturated carbocycles. The summed E-state index contributed by atoms with van der Waals surface area (Å²) in [6.07, 6.45) is 1.03. The van der Waals surface area contributed by atoms with Gasteiger partial charge in [0.2, 0.25) is 5.75 Å². The third-order valence-corrected chi connectivity index (χ3v) is 7.37. The van der Waals surface area contributed by atoms with Crippen LogP contribution in [0.3, 0.4) is 0 Å². The highest BCUT2D eigenvalue weighted by atomic mass is 16.6. The van der Waals surface area contributed by atoms with Crippen LogP contribution < -0.4 is 29.8 Å². The number of nitrogens with zero attached hydrogens (tertiary/aromatic N) is 2. The Balaban J connectivity index is 1.76. The van der Waals surface area contributed by atoms with Crippen molar-refractivity contribution in [3.05, 3.63) is 101 Å². The average Bonchev–Trinajstić information content (AvgIpc) is 3.09. The zero-order chi connectivity index (χ0) is 35.3. The average molecular weight is 668 g/mol. The number of pyridine rings is 2. The summed E-state index contributed by atoms with van der Waals surface area (Å²) in [6.45, 7) is 5.46. The molecule has 0 aliphatic rings. The van der Waals surface area contributed by atoms with Crippen molar-refractivity contribution in [3.63, 3.8) is 0 Å². The Hall–Kier alpha value is -6.04. The van der Waals surface area contributed by atoms with Gasteiger partial charge in [-0.3, -0.25) is 19.7 Å². The fraction of sp³-hybridized carbons (Fsp3) is 0.243. The topological polar surface area (TPSA) is 136 Å². The smallest absolute Gasteiger partial charge is 0.412 e. The molecule has 0 aliphatic heterocycles. The predicted molar refractivity (Wildman–Crippen MR) is 184 cm³/mol. The van der Waals surface area contributed by atoms with Gasteiger partial charge >= 0.3 is 12.1 Å². The molecule has 5 rings (SSSR count). The highest BCUT2D eigenvalue weighted by molar-refractivity contribution is 6.08. The molecule has 0 bridgehead atoms. The first-order valence-corrected chi connectivity index (χ1v) is 15.2. The molecule has 0 atom stereocenters. The molecule has 0 radical (unpaired) electrons. The lowest BCUT2D eigenvalue weighted by Crippen LogP contribution is -2.27. The zero-order valence-corrected chi connectivity index (χ0v) is 28.3. The normalized spacial score (nSPS) is 11.1. The Kier molecular flexibility index (Phi) is 10.1. The number of rotatable bonds is 10. The maximum absolute atomic E-state index is 14.5. The molecule has 0 unspecified atom stereocenters. The highest BCUT2D eigenvalue weighted by Crippen LogP contribution is 2.44. The number of ether oxygens (including phenoxy) is 6. The van der Waals surface area contributed by atoms with Crippen molar-refractivity contribution in [1.82, 2.24) is 9.55 Å². The number of aromatic nitrogens is 2. The minimum atomic E-state index is -0.769. The summed E-state index contributed by atoms with van der Waals surface area (Å²) >= 11 is 0. The number of carbonyl (C=O) groups is 2. The molecular weight excluding hydrogens is 630 g/mol. The van der Waals surface area contributed by atoms with E-state index in [0.717, 1.165) is 0 Å². The number of benzene rings is 3. The quantitative estimate of drug-likeness (QED) is 0.159. The van der Waals surface area contributed by atoms with E-state index in [2.05, 4.69) is 10.3 Å². The van der Waals surface area contributed by atoms with E-state index in [4.69, 9.17) is 28.4 Å². The third kappa shape index (κ3) is 7.43. The van der Waals surface area contributed by atoms with E-state index in [1.165, 1.54) is 33.0 Å². The fourth-order valence-corrected chi connectivity index (χ4v) is 5.28. The molecule has 3 aromatic carbocycles. The van der Waals surface area contributed by atoms with Gasteiger partial charge in [0.25, 0.3) is 5.56 Å². The SMILES string of the molecule is COC(=O)c1c(-c2cc(OC)c(OC)c(OC)c2)c2ccc(OCc3ccccn3)cc2c(=O)n1-c1ccc(NC(=O)OC(C)(C)C)cc1. The minimum absolute atomic E-state index is 0.0516. The molecule has 1 N–H and O–H groups in total. The molecule has 12 heteroatoms. The zero-order valence-electron chi connectivity index (χ0n) is 28.3. The van der Waals surface area contributed by atoms with Crippen LogP contribution in [0.4, 0.5) is 10.5 Å². The molecule has 0 saturated heterocycles. The number of nitrogens with one attached hydrogen (secondary N) is 1. The Morgan fingerprint density at radius 3 is 2.10 bits per heavy atom. The van der Waals surface area contributed by atoms with Crippen LogP contribution in [0.2, 0.25) is 0 Å². The van der Waals surface area contributed by atoms with Crippen molar-refractivity contribution in [1.29, 1.82) is 0 Å². The van der Waals surface area contributed by atoms with E-state index in [0.29, 0.717) is 56.6 Å². The number of hydrogen-bond donors (Lipinski definition) is 1. The Morgan fingerprint density at radius 2 is 1.53 bits per heavy atom. The van der Waals surface area contributed by atoms with E-state index in [1.54, 1.807) is 81.6 Å². The van der Waals surface area contributed by atoms with Gasteiger partial charge in [-0.05, 0) is 98.5 Å². The lowest BCUT2D eigenvalue weighted by Gasteiger charge is -2.21. The third-order valence-electron chi connectivity index (χ3n) is 7.37. The first kappa shape index (κ1) is 34.3. The molecule has 2 heterocycles. The number of esters is 1. The van der Waals surface area contributed by atoms with Crippen LogP contribution >= 0.6 is 0 Å². The van der Waals surface area contributed by atoms with Gasteiger partial charge in [0, 0.05) is 23.1 Å². The molecule has 2 aromatic heterocycles. The second-order valence-electron chi connectivity index (χ2n) is 11.8. The molecule has 254 valence electrons. The van der Waals surface area contributed by atoms with Crippen LogP contribution in [0, 0.1) is 0 Å². The maximum atomic E-state index is 14.5. The standard InChI is InChI=1S/C37H37N3O9/c1-37(2,3)49-36(43)39-23-11-13-25(14-12-23)40-32(35(42)47-7)31(22-18-29(44-4)33(46-6)30(19-22)45-5)27-16-15-26(20-28(27)34(40)41)48-21-24-10-8-9-17-38-24/h8-20H,21H2,1-7H3,(H,39,43). The summed E-state index contributed by atoms with van der Waals surface area (Å²) in [5, 5.41) is 3.38. The van der Waals surface area contributed by atoms with Crippen molar-refractivity contribution < 1.29 is 38.0 Å². The van der Waals surface area contributed by atoms with Crippen molar-refractivity contribution in [2.45, 2.75) is 33.0 Å². The number of hydrogen-bond acceptors (Lipinski definition) is 10. The van der Waals surface area contributed by atoms with Crippen molar-refractivity contribution >= 4 is 28.5 Å². The molecule has 0 fully saturated rings. The van der Waals surface area contributed by atoms with Gasteiger partial charge in [-0.2, -0.15) is 0 Å². The van der Waals surface area contributed by atoms with E-state index in [1.807, 2.05) is 18.2 Å². The van der Waals surface area contributed by atoms with E-state index in [9.17, 15) is 14.4 Å². The first-order chi connectivity index (χ1) is 23.5. The second-order valence-corrected chi connectivity index (χ2v) is 11.8. The van der Waals surface area contributed by atoms with Gasteiger partial charge in [0.15, 0.2) is 11.5 Å². The van der Waals surface area contributed by atoms with Gasteiger partial charge in [0.05, 0.1) is 39.5 Å². The molecule has 5 aromatic rings. The van der Waals surface area contributed by atoms with Gasteiger partial charge in [-0.25, -0.2) is 9.59 Å². The molecular formula is C37H37N3O9. The van der Waals surface area contributed by atoms with Crippen molar-refractivity contribution in [2.24, 2.45) is 0 Å². The van der Waals surface area contributed by atoms with Crippen molar-refractivity contribution in [2.75, 3.05) is 33.8 Å². The van der Waals surface area contributed by atoms with Gasteiger partial charge < -0.3 is 28.4 Å². The Labute approximate surface area is 283 Å². The maximum Gasteiger partial charge on any atom is 0.412 e.